The van der Waals surface area contributed by atoms with Gasteiger partial charge in [-0.2, -0.15) is 0 Å². The minimum atomic E-state index is 0. The van der Waals surface area contributed by atoms with Crippen LogP contribution in [0.15, 0.2) is 23.3 Å². The summed E-state index contributed by atoms with van der Waals surface area (Å²) in [7, 11) is 1.85. The summed E-state index contributed by atoms with van der Waals surface area (Å²) in [6, 6.07) is 4.07. The molecule has 1 aromatic heterocycles. The van der Waals surface area contributed by atoms with Crippen LogP contribution < -0.4 is 10.1 Å². The molecule has 7 nitrogen and oxygen atoms in total. The van der Waals surface area contributed by atoms with E-state index in [1.165, 1.54) is 25.7 Å². The van der Waals surface area contributed by atoms with Crippen LogP contribution in [0.1, 0.15) is 63.4 Å². The average Bonchev–Trinajstić information content (AvgIpc) is 3.34. The smallest absolute Gasteiger partial charge is 0.213 e. The van der Waals surface area contributed by atoms with Crippen LogP contribution in [0.3, 0.4) is 0 Å². The van der Waals surface area contributed by atoms with E-state index in [9.17, 15) is 0 Å². The van der Waals surface area contributed by atoms with Crippen LogP contribution in [0, 0.1) is 0 Å². The summed E-state index contributed by atoms with van der Waals surface area (Å²) >= 11 is 0. The van der Waals surface area contributed by atoms with Crippen LogP contribution in [0.25, 0.3) is 0 Å². The number of hydrogen-bond donors (Lipinski definition) is 1. The first-order chi connectivity index (χ1) is 15.3. The predicted octanol–water partition coefficient (Wildman–Crippen LogP) is 4.15. The molecular formula is C24H39IN4O3. The molecule has 0 radical (unpaired) electrons. The Morgan fingerprint density at radius 1 is 1.09 bits per heavy atom. The Morgan fingerprint density at radius 2 is 1.88 bits per heavy atom. The first kappa shape index (κ1) is 25.5. The number of nitrogens with one attached hydrogen (secondary N) is 1. The van der Waals surface area contributed by atoms with E-state index in [-0.39, 0.29) is 24.0 Å². The molecule has 1 aromatic rings. The topological polar surface area (TPSA) is 68.2 Å². The van der Waals surface area contributed by atoms with Gasteiger partial charge in [-0.1, -0.05) is 6.07 Å². The highest BCUT2D eigenvalue weighted by atomic mass is 127. The van der Waals surface area contributed by atoms with Gasteiger partial charge < -0.3 is 24.4 Å². The van der Waals surface area contributed by atoms with Gasteiger partial charge in [-0.25, -0.2) is 4.98 Å². The van der Waals surface area contributed by atoms with Crippen molar-refractivity contribution < 1.29 is 14.2 Å². The van der Waals surface area contributed by atoms with Crippen LogP contribution in [0.4, 0.5) is 0 Å². The van der Waals surface area contributed by atoms with E-state index in [4.69, 9.17) is 14.2 Å². The number of rotatable bonds is 7. The predicted molar refractivity (Wildman–Crippen MR) is 137 cm³/mol. The van der Waals surface area contributed by atoms with E-state index in [2.05, 4.69) is 26.3 Å². The number of halogens is 1. The Kier molecular flexibility index (Phi) is 10.8. The maximum Gasteiger partial charge on any atom is 0.213 e. The Hall–Kier alpha value is -1.13. The molecule has 1 N–H and O–H groups in total. The molecule has 1 aliphatic carbocycles. The molecule has 1 unspecified atom stereocenters. The van der Waals surface area contributed by atoms with Gasteiger partial charge in [-0.3, -0.25) is 4.99 Å². The first-order valence-electron chi connectivity index (χ1n) is 12.1. The molecule has 1 saturated carbocycles. The van der Waals surface area contributed by atoms with Gasteiger partial charge in [0.2, 0.25) is 5.88 Å². The summed E-state index contributed by atoms with van der Waals surface area (Å²) < 4.78 is 17.9. The molecule has 8 heteroatoms. The van der Waals surface area contributed by atoms with Crippen molar-refractivity contribution >= 4 is 29.9 Å². The zero-order valence-corrected chi connectivity index (χ0v) is 21.7. The molecule has 1 atom stereocenters. The van der Waals surface area contributed by atoms with Crippen molar-refractivity contribution in [1.29, 1.82) is 0 Å². The lowest BCUT2D eigenvalue weighted by Crippen LogP contribution is -2.47. The summed E-state index contributed by atoms with van der Waals surface area (Å²) in [5.74, 6) is 1.68. The van der Waals surface area contributed by atoms with Crippen molar-refractivity contribution in [2.45, 2.75) is 82.6 Å². The second-order valence-electron chi connectivity index (χ2n) is 8.94. The van der Waals surface area contributed by atoms with Crippen LogP contribution in [0.5, 0.6) is 5.88 Å². The van der Waals surface area contributed by atoms with Crippen molar-refractivity contribution in [2.75, 3.05) is 33.4 Å². The quantitative estimate of drug-likeness (QED) is 0.308. The molecule has 3 fully saturated rings. The summed E-state index contributed by atoms with van der Waals surface area (Å²) in [6.07, 6.45) is 13.4. The third-order valence-corrected chi connectivity index (χ3v) is 6.58. The van der Waals surface area contributed by atoms with E-state index < -0.39 is 0 Å². The maximum absolute atomic E-state index is 6.14. The number of hydrogen-bond acceptors (Lipinski definition) is 5. The molecule has 0 aromatic carbocycles. The van der Waals surface area contributed by atoms with Crippen LogP contribution in [0.2, 0.25) is 0 Å². The minimum absolute atomic E-state index is 0. The third-order valence-electron chi connectivity index (χ3n) is 6.58. The summed E-state index contributed by atoms with van der Waals surface area (Å²) in [6.45, 7) is 4.26. The zero-order valence-electron chi connectivity index (χ0n) is 19.3. The second kappa shape index (κ2) is 13.5. The van der Waals surface area contributed by atoms with E-state index in [1.807, 2.05) is 19.3 Å². The fourth-order valence-corrected chi connectivity index (χ4v) is 4.69. The molecule has 2 aliphatic heterocycles. The van der Waals surface area contributed by atoms with E-state index in [1.54, 1.807) is 0 Å². The van der Waals surface area contributed by atoms with Gasteiger partial charge in [0.1, 0.15) is 6.10 Å². The lowest BCUT2D eigenvalue weighted by molar-refractivity contribution is -0.0721. The number of likely N-dealkylation sites (tertiary alicyclic amines) is 1. The average molecular weight is 559 g/mol. The molecule has 3 aliphatic rings. The highest BCUT2D eigenvalue weighted by Gasteiger charge is 2.24. The van der Waals surface area contributed by atoms with Gasteiger partial charge in [-0.15, -0.1) is 24.0 Å². The third kappa shape index (κ3) is 7.73. The molecular weight excluding hydrogens is 519 g/mol. The van der Waals surface area contributed by atoms with Gasteiger partial charge in [-0.05, 0) is 63.4 Å². The Labute approximate surface area is 209 Å². The second-order valence-corrected chi connectivity index (χ2v) is 8.94. The number of aliphatic imine (C=N–C) groups is 1. The number of guanidine groups is 1. The first-order valence-corrected chi connectivity index (χ1v) is 12.1. The number of nitrogens with zero attached hydrogens (tertiary/aromatic N) is 3. The van der Waals surface area contributed by atoms with Gasteiger partial charge >= 0.3 is 0 Å². The Morgan fingerprint density at radius 3 is 2.53 bits per heavy atom. The van der Waals surface area contributed by atoms with Crippen molar-refractivity contribution in [3.05, 3.63) is 23.9 Å². The highest BCUT2D eigenvalue weighted by molar-refractivity contribution is 14.0. The molecule has 3 heterocycles. The molecule has 32 heavy (non-hydrogen) atoms. The van der Waals surface area contributed by atoms with Gasteiger partial charge in [0, 0.05) is 45.6 Å². The Balaban J connectivity index is 0.00000289. The van der Waals surface area contributed by atoms with Crippen LogP contribution in [-0.2, 0) is 16.0 Å². The normalized spacial score (nSPS) is 23.1. The standard InChI is InChI=1S/C24H38N4O3.HI/c1-25-24(27-17-19-9-10-23(26-16-19)31-21-6-2-3-7-21)28-13-11-20(12-14-28)30-18-22-8-4-5-15-29-22;/h9-10,16,20-22H,2-8,11-15,17-18H2,1H3,(H,25,27);1H. The fourth-order valence-electron chi connectivity index (χ4n) is 4.69. The van der Waals surface area contributed by atoms with Crippen molar-refractivity contribution in [2.24, 2.45) is 4.99 Å². The summed E-state index contributed by atoms with van der Waals surface area (Å²) in [5, 5.41) is 3.48. The Bertz CT molecular complexity index is 683. The van der Waals surface area contributed by atoms with E-state index in [0.29, 0.717) is 24.9 Å². The molecule has 180 valence electrons. The molecule has 0 amide bonds. The van der Waals surface area contributed by atoms with Crippen LogP contribution >= 0.6 is 24.0 Å². The zero-order chi connectivity index (χ0) is 21.3. The monoisotopic (exact) mass is 558 g/mol. The maximum atomic E-state index is 6.14. The molecule has 0 spiro atoms. The fraction of sp³-hybridized carbons (Fsp3) is 0.750. The van der Waals surface area contributed by atoms with E-state index >= 15 is 0 Å². The van der Waals surface area contributed by atoms with Crippen LogP contribution in [-0.4, -0.2) is 67.5 Å². The summed E-state index contributed by atoms with van der Waals surface area (Å²) in [4.78, 5) is 11.3. The number of aromatic nitrogens is 1. The SMILES string of the molecule is CN=C(NCc1ccc(OC2CCCC2)nc1)N1CCC(OCC2CCCCO2)CC1.I. The van der Waals surface area contributed by atoms with Crippen molar-refractivity contribution in [3.8, 4) is 5.88 Å². The van der Waals surface area contributed by atoms with Gasteiger partial charge in [0.05, 0.1) is 18.8 Å². The van der Waals surface area contributed by atoms with Crippen molar-refractivity contribution in [3.63, 3.8) is 0 Å². The molecule has 4 rings (SSSR count). The molecule has 2 saturated heterocycles. The van der Waals surface area contributed by atoms with Crippen molar-refractivity contribution in [1.82, 2.24) is 15.2 Å². The molecule has 0 bridgehead atoms. The summed E-state index contributed by atoms with van der Waals surface area (Å²) in [5.41, 5.74) is 1.13. The lowest BCUT2D eigenvalue weighted by atomic mass is 10.1. The minimum Gasteiger partial charge on any atom is -0.474 e. The number of pyridine rings is 1. The van der Waals surface area contributed by atoms with Gasteiger partial charge in [0.15, 0.2) is 5.96 Å². The van der Waals surface area contributed by atoms with Gasteiger partial charge in [0.25, 0.3) is 0 Å². The largest absolute Gasteiger partial charge is 0.474 e. The number of ether oxygens (including phenoxy) is 3. The highest BCUT2D eigenvalue weighted by Crippen LogP contribution is 2.23. The lowest BCUT2D eigenvalue weighted by Gasteiger charge is -2.35. The number of piperidine rings is 1. The van der Waals surface area contributed by atoms with E-state index in [0.717, 1.165) is 75.8 Å².